The van der Waals surface area contributed by atoms with E-state index in [1.165, 1.54) is 18.2 Å². The minimum Gasteiger partial charge on any atom is -0.482 e. The van der Waals surface area contributed by atoms with E-state index in [9.17, 15) is 13.2 Å². The number of ether oxygens (including phenoxy) is 1. The van der Waals surface area contributed by atoms with Crippen LogP contribution < -0.4 is 14.8 Å². The Morgan fingerprint density at radius 3 is 2.46 bits per heavy atom. The number of anilines is 1. The fourth-order valence-corrected chi connectivity index (χ4v) is 3.52. The summed E-state index contributed by atoms with van der Waals surface area (Å²) >= 11 is 6.08. The molecule has 1 amide bonds. The zero-order valence-electron chi connectivity index (χ0n) is 14.6. The summed E-state index contributed by atoms with van der Waals surface area (Å²) in [5.41, 5.74) is 1.76. The Balaban J connectivity index is 1.97. The van der Waals surface area contributed by atoms with Crippen LogP contribution in [0.4, 0.5) is 5.69 Å². The van der Waals surface area contributed by atoms with Crippen molar-refractivity contribution in [1.82, 2.24) is 4.72 Å². The van der Waals surface area contributed by atoms with Gasteiger partial charge in [-0.15, -0.1) is 0 Å². The lowest BCUT2D eigenvalue weighted by molar-refractivity contribution is -0.118. The van der Waals surface area contributed by atoms with Crippen LogP contribution in [0.25, 0.3) is 0 Å². The molecule has 0 radical (unpaired) electrons. The normalized spacial score (nSPS) is 11.2. The number of carbonyl (C=O) groups is 1. The van der Waals surface area contributed by atoms with Gasteiger partial charge in [0, 0.05) is 12.2 Å². The molecule has 140 valence electrons. The number of halogens is 1. The topological polar surface area (TPSA) is 84.5 Å². The number of nitrogens with one attached hydrogen (secondary N) is 2. The van der Waals surface area contributed by atoms with Crippen molar-refractivity contribution in [2.75, 3.05) is 18.5 Å². The average molecular weight is 397 g/mol. The zero-order valence-corrected chi connectivity index (χ0v) is 16.2. The van der Waals surface area contributed by atoms with Crippen molar-refractivity contribution in [3.63, 3.8) is 0 Å². The van der Waals surface area contributed by atoms with E-state index in [4.69, 9.17) is 16.3 Å². The van der Waals surface area contributed by atoms with Gasteiger partial charge in [0.15, 0.2) is 6.61 Å². The fourth-order valence-electron chi connectivity index (χ4n) is 2.06. The first-order chi connectivity index (χ1) is 12.3. The van der Waals surface area contributed by atoms with Gasteiger partial charge in [0.05, 0.1) is 9.92 Å². The second-order valence-electron chi connectivity index (χ2n) is 5.69. The Morgan fingerprint density at radius 1 is 1.15 bits per heavy atom. The largest absolute Gasteiger partial charge is 0.482 e. The molecule has 2 rings (SSSR count). The lowest BCUT2D eigenvalue weighted by Crippen LogP contribution is -2.24. The second-order valence-corrected chi connectivity index (χ2v) is 7.87. The molecule has 0 aliphatic rings. The first-order valence-corrected chi connectivity index (χ1v) is 9.96. The van der Waals surface area contributed by atoms with E-state index in [0.717, 1.165) is 5.56 Å². The molecule has 0 heterocycles. The van der Waals surface area contributed by atoms with E-state index in [-0.39, 0.29) is 28.2 Å². The minimum atomic E-state index is -3.61. The third-order valence-electron chi connectivity index (χ3n) is 3.45. The molecule has 0 saturated heterocycles. The molecule has 0 fully saturated rings. The number of carbonyl (C=O) groups excluding carboxylic acids is 1. The van der Waals surface area contributed by atoms with E-state index < -0.39 is 10.0 Å². The van der Waals surface area contributed by atoms with E-state index in [1.807, 2.05) is 26.0 Å². The number of sulfonamides is 1. The van der Waals surface area contributed by atoms with Gasteiger partial charge in [0.25, 0.3) is 5.91 Å². The quantitative estimate of drug-likeness (QED) is 0.716. The Bertz CT molecular complexity index is 867. The summed E-state index contributed by atoms with van der Waals surface area (Å²) in [6, 6.07) is 11.5. The van der Waals surface area contributed by atoms with Crippen LogP contribution in [0.2, 0.25) is 5.02 Å². The van der Waals surface area contributed by atoms with Crippen LogP contribution in [0.1, 0.15) is 18.9 Å². The maximum absolute atomic E-state index is 12.1. The van der Waals surface area contributed by atoms with Crippen molar-refractivity contribution in [2.45, 2.75) is 25.2 Å². The predicted octanol–water partition coefficient (Wildman–Crippen LogP) is 3.35. The predicted molar refractivity (Wildman–Crippen MR) is 102 cm³/mol. The van der Waals surface area contributed by atoms with Gasteiger partial charge in [-0.25, -0.2) is 13.1 Å². The molecule has 0 atom stereocenters. The van der Waals surface area contributed by atoms with Crippen LogP contribution in [0.5, 0.6) is 5.75 Å². The van der Waals surface area contributed by atoms with E-state index in [0.29, 0.717) is 18.7 Å². The molecule has 2 aromatic carbocycles. The number of hydrogen-bond acceptors (Lipinski definition) is 4. The molecule has 0 aromatic heterocycles. The van der Waals surface area contributed by atoms with Gasteiger partial charge in [0.2, 0.25) is 10.0 Å². The number of aryl methyl sites for hydroxylation is 1. The first-order valence-electron chi connectivity index (χ1n) is 8.10. The van der Waals surface area contributed by atoms with Crippen LogP contribution in [0, 0.1) is 6.92 Å². The van der Waals surface area contributed by atoms with Crippen LogP contribution in [-0.4, -0.2) is 27.5 Å². The minimum absolute atomic E-state index is 0.0485. The van der Waals surface area contributed by atoms with Crippen molar-refractivity contribution >= 4 is 33.2 Å². The van der Waals surface area contributed by atoms with Crippen molar-refractivity contribution in [2.24, 2.45) is 0 Å². The van der Waals surface area contributed by atoms with Gasteiger partial charge in [-0.05, 0) is 43.7 Å². The average Bonchev–Trinajstić information content (AvgIpc) is 2.61. The second kappa shape index (κ2) is 9.02. The molecule has 0 bridgehead atoms. The van der Waals surface area contributed by atoms with Crippen molar-refractivity contribution in [3.8, 4) is 5.75 Å². The number of benzene rings is 2. The Kier molecular flexibility index (Phi) is 7.02. The number of hydrogen-bond donors (Lipinski definition) is 2. The highest BCUT2D eigenvalue weighted by Crippen LogP contribution is 2.27. The van der Waals surface area contributed by atoms with Gasteiger partial charge < -0.3 is 10.1 Å². The third kappa shape index (κ3) is 5.72. The van der Waals surface area contributed by atoms with Crippen LogP contribution >= 0.6 is 11.6 Å². The highest BCUT2D eigenvalue weighted by atomic mass is 35.5. The van der Waals surface area contributed by atoms with Crippen molar-refractivity contribution in [1.29, 1.82) is 0 Å². The van der Waals surface area contributed by atoms with Gasteiger partial charge in [-0.3, -0.25) is 4.79 Å². The SMILES string of the molecule is CCCNS(=O)(=O)c1ccc(OCC(=O)Nc2ccc(C)cc2)c(Cl)c1. The van der Waals surface area contributed by atoms with Gasteiger partial charge in [-0.2, -0.15) is 0 Å². The maximum Gasteiger partial charge on any atom is 0.262 e. The first kappa shape index (κ1) is 20.2. The molecule has 0 saturated carbocycles. The Morgan fingerprint density at radius 2 is 1.85 bits per heavy atom. The number of rotatable bonds is 8. The van der Waals surface area contributed by atoms with Crippen LogP contribution in [0.15, 0.2) is 47.4 Å². The molecule has 2 aromatic rings. The molecular weight excluding hydrogens is 376 g/mol. The van der Waals surface area contributed by atoms with Crippen LogP contribution in [0.3, 0.4) is 0 Å². The molecule has 2 N–H and O–H groups in total. The lowest BCUT2D eigenvalue weighted by atomic mass is 10.2. The van der Waals surface area contributed by atoms with Gasteiger partial charge in [0.1, 0.15) is 5.75 Å². The number of amides is 1. The lowest BCUT2D eigenvalue weighted by Gasteiger charge is -2.11. The maximum atomic E-state index is 12.1. The van der Waals surface area contributed by atoms with Gasteiger partial charge >= 0.3 is 0 Å². The molecular formula is C18H21ClN2O4S. The highest BCUT2D eigenvalue weighted by Gasteiger charge is 2.16. The molecule has 0 unspecified atom stereocenters. The summed E-state index contributed by atoms with van der Waals surface area (Å²) in [4.78, 5) is 12.0. The summed E-state index contributed by atoms with van der Waals surface area (Å²) in [5.74, 6) is -0.105. The van der Waals surface area contributed by atoms with Crippen LogP contribution in [-0.2, 0) is 14.8 Å². The highest BCUT2D eigenvalue weighted by molar-refractivity contribution is 7.89. The van der Waals surface area contributed by atoms with Crippen molar-refractivity contribution < 1.29 is 17.9 Å². The molecule has 0 aliphatic carbocycles. The van der Waals surface area contributed by atoms with E-state index in [2.05, 4.69) is 10.0 Å². The Labute approximate surface area is 158 Å². The van der Waals surface area contributed by atoms with Crippen molar-refractivity contribution in [3.05, 3.63) is 53.1 Å². The molecule has 0 spiro atoms. The summed E-state index contributed by atoms with van der Waals surface area (Å²) in [5, 5.41) is 2.82. The summed E-state index contributed by atoms with van der Waals surface area (Å²) in [7, 11) is -3.61. The third-order valence-corrected chi connectivity index (χ3v) is 5.20. The Hall–Kier alpha value is -2.09. The van der Waals surface area contributed by atoms with E-state index >= 15 is 0 Å². The summed E-state index contributed by atoms with van der Waals surface area (Å²) < 4.78 is 32.0. The molecule has 6 nitrogen and oxygen atoms in total. The molecule has 0 aliphatic heterocycles. The molecule has 8 heteroatoms. The summed E-state index contributed by atoms with van der Waals surface area (Å²) in [6.07, 6.45) is 0.685. The molecule has 26 heavy (non-hydrogen) atoms. The van der Waals surface area contributed by atoms with Gasteiger partial charge in [-0.1, -0.05) is 36.2 Å². The monoisotopic (exact) mass is 396 g/mol. The standard InChI is InChI=1S/C18H21ClN2O4S/c1-3-10-20-26(23,24)15-8-9-17(16(19)11-15)25-12-18(22)21-14-6-4-13(2)5-7-14/h4-9,11,20H,3,10,12H2,1-2H3,(H,21,22). The smallest absolute Gasteiger partial charge is 0.262 e. The zero-order chi connectivity index (χ0) is 19.2. The van der Waals surface area contributed by atoms with E-state index in [1.54, 1.807) is 12.1 Å². The summed E-state index contributed by atoms with van der Waals surface area (Å²) in [6.45, 7) is 3.93. The fraction of sp³-hybridized carbons (Fsp3) is 0.278.